The van der Waals surface area contributed by atoms with Gasteiger partial charge in [0.2, 0.25) is 0 Å². The summed E-state index contributed by atoms with van der Waals surface area (Å²) in [4.78, 5) is 9.80. The van der Waals surface area contributed by atoms with Crippen LogP contribution in [0, 0.1) is 23.9 Å². The van der Waals surface area contributed by atoms with Gasteiger partial charge in [0.25, 0.3) is 0 Å². The normalized spacial score (nSPS) is 11.4. The molecule has 0 fully saturated rings. The predicted molar refractivity (Wildman–Crippen MR) is 146 cm³/mol. The summed E-state index contributed by atoms with van der Waals surface area (Å²) in [6, 6.07) is 34.3. The Morgan fingerprint density at radius 2 is 1.33 bits per heavy atom. The number of hydrogen-bond donors (Lipinski definition) is 0. The van der Waals surface area contributed by atoms with Crippen LogP contribution in [0.4, 0.5) is 8.78 Å². The zero-order chi connectivity index (χ0) is 26.3. The Kier molecular flexibility index (Phi) is 7.29. The Morgan fingerprint density at radius 1 is 0.718 bits per heavy atom. The Morgan fingerprint density at radius 3 is 2.00 bits per heavy atom. The molecule has 3 aromatic carbocycles. The molecule has 0 atom stereocenters. The van der Waals surface area contributed by atoms with E-state index in [1.54, 1.807) is 6.07 Å². The first-order valence-corrected chi connectivity index (χ1v) is 12.3. The van der Waals surface area contributed by atoms with E-state index >= 15 is 0 Å². The van der Waals surface area contributed by atoms with Crippen molar-refractivity contribution in [2.45, 2.75) is 19.3 Å². The van der Waals surface area contributed by atoms with Crippen molar-refractivity contribution in [3.05, 3.63) is 138 Å². The summed E-state index contributed by atoms with van der Waals surface area (Å²) in [5.41, 5.74) is 5.24. The second kappa shape index (κ2) is 10.7. The molecule has 194 valence electrons. The van der Waals surface area contributed by atoms with Gasteiger partial charge in [-0.15, -0.1) is 12.1 Å². The standard InChI is InChI=1S/C33H23F2N3.Pt/c1-33(2,31-16-8-13-28(36-31)25-19-18-22(34)20-27(25)35)32-17-9-14-29(37-32)26-21-38(23-10-4-3-5-11-23)30-15-7-6-12-24(26)30;/h3-18,20H,1-2H3;/q-2;+2. The van der Waals surface area contributed by atoms with E-state index in [2.05, 4.69) is 41.1 Å². The molecule has 0 radical (unpaired) electrons. The minimum atomic E-state index is -0.696. The first kappa shape index (κ1) is 26.6. The molecule has 0 unspecified atom stereocenters. The average Bonchev–Trinajstić information content (AvgIpc) is 3.33. The van der Waals surface area contributed by atoms with Gasteiger partial charge in [-0.05, 0) is 49.1 Å². The van der Waals surface area contributed by atoms with E-state index < -0.39 is 17.0 Å². The fourth-order valence-electron chi connectivity index (χ4n) is 4.70. The molecule has 6 heteroatoms. The Bertz CT molecular complexity index is 1780. The minimum Gasteiger partial charge on any atom is -0.417 e. The smallest absolute Gasteiger partial charge is 0.417 e. The van der Waals surface area contributed by atoms with E-state index in [0.29, 0.717) is 11.4 Å². The van der Waals surface area contributed by atoms with Crippen molar-refractivity contribution >= 4 is 10.9 Å². The summed E-state index contributed by atoms with van der Waals surface area (Å²) in [7, 11) is 0. The molecule has 0 spiro atoms. The van der Waals surface area contributed by atoms with Crippen LogP contribution in [0.15, 0.2) is 103 Å². The SMILES string of the molecule is CC(C)(c1cccc(-c2[c-]cc(F)cc2F)n1)c1cccc(-c2[c-]n(-c3ccccc3)c3ccccc23)n1.[Pt+2]. The topological polar surface area (TPSA) is 30.7 Å². The van der Waals surface area contributed by atoms with Crippen molar-refractivity contribution in [1.82, 2.24) is 14.5 Å². The number of halogens is 2. The van der Waals surface area contributed by atoms with Crippen LogP contribution in [0.5, 0.6) is 0 Å². The first-order valence-electron chi connectivity index (χ1n) is 12.3. The van der Waals surface area contributed by atoms with Crippen LogP contribution in [0.25, 0.3) is 39.1 Å². The number of nitrogens with zero attached hydrogens (tertiary/aromatic N) is 3. The maximum absolute atomic E-state index is 14.5. The maximum atomic E-state index is 14.5. The van der Waals surface area contributed by atoms with Gasteiger partial charge >= 0.3 is 21.1 Å². The summed E-state index contributed by atoms with van der Waals surface area (Å²) in [5.74, 6) is -1.37. The Labute approximate surface area is 240 Å². The van der Waals surface area contributed by atoms with Gasteiger partial charge in [0.15, 0.2) is 0 Å². The summed E-state index contributed by atoms with van der Waals surface area (Å²) in [5, 5.41) is 1.06. The largest absolute Gasteiger partial charge is 2.00 e. The Balaban J connectivity index is 0.00000308. The molecule has 0 saturated carbocycles. The molecule has 39 heavy (non-hydrogen) atoms. The third-order valence-corrected chi connectivity index (χ3v) is 6.80. The molecule has 0 aliphatic rings. The molecule has 0 aliphatic heterocycles. The van der Waals surface area contributed by atoms with Gasteiger partial charge in [-0.1, -0.05) is 101 Å². The van der Waals surface area contributed by atoms with Crippen molar-refractivity contribution in [2.24, 2.45) is 0 Å². The van der Waals surface area contributed by atoms with Crippen LogP contribution in [0.1, 0.15) is 25.2 Å². The van der Waals surface area contributed by atoms with E-state index in [0.717, 1.165) is 45.7 Å². The van der Waals surface area contributed by atoms with Crippen molar-refractivity contribution < 1.29 is 29.8 Å². The number of aromatic nitrogens is 3. The summed E-state index contributed by atoms with van der Waals surface area (Å²) < 4.78 is 29.9. The zero-order valence-electron chi connectivity index (χ0n) is 21.2. The van der Waals surface area contributed by atoms with Crippen LogP contribution in [-0.2, 0) is 26.5 Å². The zero-order valence-corrected chi connectivity index (χ0v) is 23.5. The molecule has 3 nitrogen and oxygen atoms in total. The number of para-hydroxylation sites is 2. The summed E-state index contributed by atoms with van der Waals surface area (Å²) in [6.07, 6.45) is 3.54. The second-order valence-corrected chi connectivity index (χ2v) is 9.66. The summed E-state index contributed by atoms with van der Waals surface area (Å²) >= 11 is 0. The van der Waals surface area contributed by atoms with E-state index in [-0.39, 0.29) is 26.6 Å². The molecule has 0 N–H and O–H groups in total. The molecular weight excluding hydrogens is 671 g/mol. The average molecular weight is 695 g/mol. The van der Waals surface area contributed by atoms with Gasteiger partial charge in [0.1, 0.15) is 0 Å². The second-order valence-electron chi connectivity index (χ2n) is 9.66. The van der Waals surface area contributed by atoms with Crippen molar-refractivity contribution in [2.75, 3.05) is 0 Å². The fourth-order valence-corrected chi connectivity index (χ4v) is 4.70. The molecule has 6 rings (SSSR count). The van der Waals surface area contributed by atoms with Crippen molar-refractivity contribution in [3.63, 3.8) is 0 Å². The molecule has 3 aromatic heterocycles. The number of fused-ring (bicyclic) bond motifs is 1. The van der Waals surface area contributed by atoms with Gasteiger partial charge in [-0.2, -0.15) is 0 Å². The summed E-state index contributed by atoms with van der Waals surface area (Å²) in [6.45, 7) is 4.07. The van der Waals surface area contributed by atoms with Gasteiger partial charge in [-0.25, -0.2) is 0 Å². The minimum absolute atomic E-state index is 0. The van der Waals surface area contributed by atoms with Gasteiger partial charge in [-0.3, -0.25) is 13.8 Å². The van der Waals surface area contributed by atoms with E-state index in [9.17, 15) is 8.78 Å². The third kappa shape index (κ3) is 4.95. The number of rotatable bonds is 5. The number of pyridine rings is 2. The molecular formula is C33H23F2N3Pt. The van der Waals surface area contributed by atoms with Crippen LogP contribution in [0.2, 0.25) is 0 Å². The Hall–Kier alpha value is -3.95. The van der Waals surface area contributed by atoms with Gasteiger partial charge in [0.05, 0.1) is 0 Å². The third-order valence-electron chi connectivity index (χ3n) is 6.80. The van der Waals surface area contributed by atoms with E-state index in [1.807, 2.05) is 74.5 Å². The van der Waals surface area contributed by atoms with Gasteiger partial charge < -0.3 is 9.55 Å². The molecule has 0 aliphatic carbocycles. The molecule has 0 bridgehead atoms. The maximum Gasteiger partial charge on any atom is 2.00 e. The monoisotopic (exact) mass is 694 g/mol. The fraction of sp³-hybridized carbons (Fsp3) is 0.0909. The van der Waals surface area contributed by atoms with Crippen molar-refractivity contribution in [3.8, 4) is 28.2 Å². The first-order chi connectivity index (χ1) is 18.4. The van der Waals surface area contributed by atoms with E-state index in [1.165, 1.54) is 0 Å². The van der Waals surface area contributed by atoms with Gasteiger partial charge in [0, 0.05) is 34.1 Å². The van der Waals surface area contributed by atoms with Crippen LogP contribution in [0.3, 0.4) is 0 Å². The molecule has 0 amide bonds. The molecule has 3 heterocycles. The van der Waals surface area contributed by atoms with Crippen molar-refractivity contribution in [1.29, 1.82) is 0 Å². The van der Waals surface area contributed by atoms with Crippen LogP contribution >= 0.6 is 0 Å². The molecule has 6 aromatic rings. The van der Waals surface area contributed by atoms with Crippen LogP contribution in [-0.4, -0.2) is 14.5 Å². The number of hydrogen-bond acceptors (Lipinski definition) is 2. The predicted octanol–water partition coefficient (Wildman–Crippen LogP) is 7.96. The molecule has 0 saturated heterocycles. The quantitative estimate of drug-likeness (QED) is 0.172. The van der Waals surface area contributed by atoms with Crippen LogP contribution < -0.4 is 0 Å². The van der Waals surface area contributed by atoms with E-state index in [4.69, 9.17) is 9.97 Å². The number of benzene rings is 3.